The molecule has 24 heavy (non-hydrogen) atoms. The maximum Gasteiger partial charge on any atom is 0.266 e. The highest BCUT2D eigenvalue weighted by atomic mass is 32.2. The number of aromatic amines is 1. The van der Waals surface area contributed by atoms with Crippen molar-refractivity contribution < 1.29 is 13.2 Å². The van der Waals surface area contributed by atoms with Gasteiger partial charge in [-0.05, 0) is 17.7 Å². The summed E-state index contributed by atoms with van der Waals surface area (Å²) in [5, 5.41) is 16.2. The summed E-state index contributed by atoms with van der Waals surface area (Å²) in [6.07, 6.45) is 1.55. The molecule has 0 bridgehead atoms. The summed E-state index contributed by atoms with van der Waals surface area (Å²) < 4.78 is 26.5. The standard InChI is InChI=1S/C16H12N4O3S/c17-8-11-4-1-2-5-13(11)10-24(22,23)20-16(21)14-7-3-6-12-9-18-19-15(12)14/h1-7,9H,10H2,(H,18,19)(H,20,21). The number of nitrogens with one attached hydrogen (secondary N) is 2. The van der Waals surface area contributed by atoms with E-state index in [9.17, 15) is 13.2 Å². The monoisotopic (exact) mass is 340 g/mol. The Labute approximate surface area is 138 Å². The van der Waals surface area contributed by atoms with Gasteiger partial charge in [0.1, 0.15) is 0 Å². The molecule has 2 N–H and O–H groups in total. The minimum absolute atomic E-state index is 0.183. The average molecular weight is 340 g/mol. The van der Waals surface area contributed by atoms with Gasteiger partial charge in [-0.25, -0.2) is 13.1 Å². The highest BCUT2D eigenvalue weighted by molar-refractivity contribution is 7.89. The van der Waals surface area contributed by atoms with Gasteiger partial charge in [-0.1, -0.05) is 30.3 Å². The maximum absolute atomic E-state index is 12.3. The minimum Gasteiger partial charge on any atom is -0.277 e. The molecule has 8 heteroatoms. The summed E-state index contributed by atoms with van der Waals surface area (Å²) in [6.45, 7) is 0. The molecule has 0 radical (unpaired) electrons. The predicted molar refractivity (Wildman–Crippen MR) is 87.3 cm³/mol. The van der Waals surface area contributed by atoms with Crippen LogP contribution in [0.25, 0.3) is 10.9 Å². The van der Waals surface area contributed by atoms with Crippen LogP contribution in [0.2, 0.25) is 0 Å². The van der Waals surface area contributed by atoms with Crippen molar-refractivity contribution in [2.75, 3.05) is 0 Å². The van der Waals surface area contributed by atoms with Gasteiger partial charge in [-0.2, -0.15) is 10.4 Å². The maximum atomic E-state index is 12.3. The van der Waals surface area contributed by atoms with E-state index < -0.39 is 21.7 Å². The molecule has 0 atom stereocenters. The van der Waals surface area contributed by atoms with E-state index in [4.69, 9.17) is 5.26 Å². The van der Waals surface area contributed by atoms with Crippen LogP contribution in [0.15, 0.2) is 48.7 Å². The van der Waals surface area contributed by atoms with E-state index in [2.05, 4.69) is 10.2 Å². The molecule has 0 aliphatic rings. The summed E-state index contributed by atoms with van der Waals surface area (Å²) in [4.78, 5) is 12.3. The number of benzene rings is 2. The third kappa shape index (κ3) is 3.11. The normalized spacial score (nSPS) is 11.1. The van der Waals surface area contributed by atoms with Gasteiger partial charge in [0, 0.05) is 5.39 Å². The second-order valence-corrected chi connectivity index (χ2v) is 6.82. The van der Waals surface area contributed by atoms with E-state index in [-0.39, 0.29) is 11.1 Å². The molecule has 2 aromatic carbocycles. The lowest BCUT2D eigenvalue weighted by molar-refractivity contribution is 0.0983. The first-order valence-electron chi connectivity index (χ1n) is 6.95. The summed E-state index contributed by atoms with van der Waals surface area (Å²) in [5.74, 6) is -1.21. The van der Waals surface area contributed by atoms with Crippen LogP contribution in [-0.4, -0.2) is 24.5 Å². The molecule has 0 unspecified atom stereocenters. The number of sulfonamides is 1. The molecule has 3 aromatic rings. The first-order valence-corrected chi connectivity index (χ1v) is 8.60. The number of fused-ring (bicyclic) bond motifs is 1. The number of hydrogen-bond donors (Lipinski definition) is 2. The van der Waals surface area contributed by atoms with E-state index >= 15 is 0 Å². The number of nitrogens with zero attached hydrogens (tertiary/aromatic N) is 2. The fourth-order valence-electron chi connectivity index (χ4n) is 2.35. The Morgan fingerprint density at radius 3 is 2.79 bits per heavy atom. The molecule has 0 aliphatic heterocycles. The summed E-state index contributed by atoms with van der Waals surface area (Å²) >= 11 is 0. The quantitative estimate of drug-likeness (QED) is 0.750. The van der Waals surface area contributed by atoms with Crippen molar-refractivity contribution in [1.82, 2.24) is 14.9 Å². The molecule has 7 nitrogen and oxygen atoms in total. The molecule has 1 heterocycles. The van der Waals surface area contributed by atoms with Gasteiger partial charge in [0.25, 0.3) is 5.91 Å². The third-order valence-corrected chi connectivity index (χ3v) is 4.64. The second-order valence-electron chi connectivity index (χ2n) is 5.10. The van der Waals surface area contributed by atoms with Crippen LogP contribution in [0, 0.1) is 11.3 Å². The Balaban J connectivity index is 1.86. The predicted octanol–water partition coefficient (Wildman–Crippen LogP) is 1.69. The Morgan fingerprint density at radius 2 is 2.00 bits per heavy atom. The van der Waals surface area contributed by atoms with E-state index in [1.54, 1.807) is 30.5 Å². The van der Waals surface area contributed by atoms with Gasteiger partial charge in [0.2, 0.25) is 10.0 Å². The van der Waals surface area contributed by atoms with Gasteiger partial charge in [-0.3, -0.25) is 9.89 Å². The number of amides is 1. The van der Waals surface area contributed by atoms with Gasteiger partial charge >= 0.3 is 0 Å². The van der Waals surface area contributed by atoms with Crippen LogP contribution < -0.4 is 4.72 Å². The fraction of sp³-hybridized carbons (Fsp3) is 0.0625. The topological polar surface area (TPSA) is 116 Å². The van der Waals surface area contributed by atoms with Crippen molar-refractivity contribution in [2.24, 2.45) is 0 Å². The van der Waals surface area contributed by atoms with Gasteiger partial charge in [-0.15, -0.1) is 0 Å². The number of para-hydroxylation sites is 1. The summed E-state index contributed by atoms with van der Waals surface area (Å²) in [7, 11) is -3.95. The fourth-order valence-corrected chi connectivity index (χ4v) is 3.48. The molecule has 0 saturated carbocycles. The average Bonchev–Trinajstić information content (AvgIpc) is 3.02. The molecule has 0 saturated heterocycles. The number of nitriles is 1. The van der Waals surface area contributed by atoms with E-state index in [1.807, 2.05) is 10.8 Å². The zero-order valence-electron chi connectivity index (χ0n) is 12.4. The smallest absolute Gasteiger partial charge is 0.266 e. The van der Waals surface area contributed by atoms with Crippen molar-refractivity contribution in [3.63, 3.8) is 0 Å². The zero-order chi connectivity index (χ0) is 17.2. The highest BCUT2D eigenvalue weighted by Gasteiger charge is 2.20. The van der Waals surface area contributed by atoms with Crippen LogP contribution in [0.5, 0.6) is 0 Å². The minimum atomic E-state index is -3.95. The van der Waals surface area contributed by atoms with Crippen molar-refractivity contribution in [3.8, 4) is 6.07 Å². The Kier molecular flexibility index (Phi) is 4.02. The van der Waals surface area contributed by atoms with E-state index in [0.717, 1.165) is 0 Å². The molecule has 0 spiro atoms. The number of aromatic nitrogens is 2. The SMILES string of the molecule is N#Cc1ccccc1CS(=O)(=O)NC(=O)c1cccc2cn[nH]c12. The van der Waals surface area contributed by atoms with Crippen LogP contribution in [0.3, 0.4) is 0 Å². The lowest BCUT2D eigenvalue weighted by Crippen LogP contribution is -2.32. The van der Waals surface area contributed by atoms with E-state index in [0.29, 0.717) is 16.5 Å². The molecule has 3 rings (SSSR count). The molecule has 0 aliphatic carbocycles. The second kappa shape index (κ2) is 6.14. The van der Waals surface area contributed by atoms with Gasteiger partial charge < -0.3 is 0 Å². The molecular weight excluding hydrogens is 328 g/mol. The molecule has 0 fully saturated rings. The number of carbonyl (C=O) groups is 1. The molecular formula is C16H12N4O3S. The van der Waals surface area contributed by atoms with Gasteiger partial charge in [0.05, 0.1) is 34.7 Å². The third-order valence-electron chi connectivity index (χ3n) is 3.45. The largest absolute Gasteiger partial charge is 0.277 e. The lowest BCUT2D eigenvalue weighted by atomic mass is 10.1. The Hall–Kier alpha value is -3.18. The Bertz CT molecular complexity index is 1060. The van der Waals surface area contributed by atoms with Crippen LogP contribution >= 0.6 is 0 Å². The zero-order valence-corrected chi connectivity index (χ0v) is 13.2. The van der Waals surface area contributed by atoms with Crippen LogP contribution in [-0.2, 0) is 15.8 Å². The molecule has 1 amide bonds. The highest BCUT2D eigenvalue weighted by Crippen LogP contribution is 2.16. The lowest BCUT2D eigenvalue weighted by Gasteiger charge is -2.08. The van der Waals surface area contributed by atoms with Crippen LogP contribution in [0.1, 0.15) is 21.5 Å². The Morgan fingerprint density at radius 1 is 1.21 bits per heavy atom. The van der Waals surface area contributed by atoms with Gasteiger partial charge in [0.15, 0.2) is 0 Å². The summed E-state index contributed by atoms with van der Waals surface area (Å²) in [6, 6.07) is 13.2. The van der Waals surface area contributed by atoms with Crippen LogP contribution in [0.4, 0.5) is 0 Å². The first kappa shape index (κ1) is 15.7. The number of carbonyl (C=O) groups excluding carboxylic acids is 1. The number of hydrogen-bond acceptors (Lipinski definition) is 5. The number of rotatable bonds is 4. The first-order chi connectivity index (χ1) is 11.5. The van der Waals surface area contributed by atoms with E-state index in [1.165, 1.54) is 18.2 Å². The molecule has 120 valence electrons. The molecule has 1 aromatic heterocycles. The van der Waals surface area contributed by atoms with Crippen molar-refractivity contribution in [3.05, 3.63) is 65.4 Å². The van der Waals surface area contributed by atoms with Crippen molar-refractivity contribution >= 4 is 26.8 Å². The van der Waals surface area contributed by atoms with Crippen molar-refractivity contribution in [2.45, 2.75) is 5.75 Å². The summed E-state index contributed by atoms with van der Waals surface area (Å²) in [5.41, 5.74) is 1.23. The van der Waals surface area contributed by atoms with Crippen molar-refractivity contribution in [1.29, 1.82) is 5.26 Å². The number of H-pyrrole nitrogens is 1.